The Bertz CT molecular complexity index is 2330. The normalized spacial score (nSPS) is 17.1. The van der Waals surface area contributed by atoms with E-state index in [4.69, 9.17) is 9.47 Å². The van der Waals surface area contributed by atoms with Crippen molar-refractivity contribution in [3.05, 3.63) is 120 Å². The lowest BCUT2D eigenvalue weighted by Crippen LogP contribution is -2.48. The highest BCUT2D eigenvalue weighted by atomic mass is 16.5. The maximum Gasteiger partial charge on any atom is 0.407 e. The average Bonchev–Trinajstić information content (AvgIpc) is 4.06. The van der Waals surface area contributed by atoms with Crippen LogP contribution in [0, 0.1) is 0 Å². The number of hydrogen-bond donors (Lipinski definition) is 5. The summed E-state index contributed by atoms with van der Waals surface area (Å²) in [7, 11) is 2.45. The molecule has 4 atom stereocenters. The summed E-state index contributed by atoms with van der Waals surface area (Å²) in [5.41, 5.74) is 4.80. The molecule has 0 spiro atoms. The molecule has 59 heavy (non-hydrogen) atoms. The molecule has 6 amide bonds. The number of aromatic nitrogens is 1. The van der Waals surface area contributed by atoms with Crippen molar-refractivity contribution in [1.82, 2.24) is 25.4 Å². The lowest BCUT2D eigenvalue weighted by Gasteiger charge is -2.28. The highest BCUT2D eigenvalue weighted by molar-refractivity contribution is 6.01. The molecule has 0 saturated carbocycles. The van der Waals surface area contributed by atoms with E-state index in [9.17, 15) is 28.8 Å². The third-order valence-electron chi connectivity index (χ3n) is 10.7. The standard InChI is InChI=1S/C44H45N7O8/c1-58-43(56)48-37(28-11-5-3-6-12-28)41(54)50-23-9-15-35(50)39(52)45-31-19-17-27(18-20-31)34-26-30-25-32(21-22-33(30)47-34)46-40(53)36-16-10-24-51(36)42(55)38(49-44(57)59-2)29-13-7-4-8-14-29/h3-8,11-14,17-22,25-26,35-38,47H,9-10,15-16,23-24H2,1-2H3,(H,45,52)(H,46,53)(H,48,56)(H,49,57)/t35-,36-,37+,38+/m0/s1. The lowest BCUT2D eigenvalue weighted by molar-refractivity contribution is -0.138. The van der Waals surface area contributed by atoms with Crippen molar-refractivity contribution in [3.8, 4) is 11.3 Å². The second kappa shape index (κ2) is 18.0. The zero-order valence-electron chi connectivity index (χ0n) is 32.6. The number of amides is 6. The van der Waals surface area contributed by atoms with E-state index in [1.165, 1.54) is 24.0 Å². The van der Waals surface area contributed by atoms with Gasteiger partial charge in [0.25, 0.3) is 11.8 Å². The predicted octanol–water partition coefficient (Wildman–Crippen LogP) is 5.89. The van der Waals surface area contributed by atoms with Crippen molar-refractivity contribution < 1.29 is 38.2 Å². The molecular weight excluding hydrogens is 755 g/mol. The number of aromatic amines is 1. The summed E-state index contributed by atoms with van der Waals surface area (Å²) in [6.45, 7) is 0.744. The zero-order chi connectivity index (χ0) is 41.5. The van der Waals surface area contributed by atoms with Crippen LogP contribution in [0.15, 0.2) is 109 Å². The fourth-order valence-electron chi connectivity index (χ4n) is 7.71. The Labute approximate surface area is 340 Å². The summed E-state index contributed by atoms with van der Waals surface area (Å²) in [4.78, 5) is 85.4. The van der Waals surface area contributed by atoms with Crippen LogP contribution in [0.2, 0.25) is 0 Å². The van der Waals surface area contributed by atoms with Crippen molar-refractivity contribution in [3.63, 3.8) is 0 Å². The number of carbonyl (C=O) groups excluding carboxylic acids is 6. The number of benzene rings is 4. The molecule has 3 heterocycles. The fourth-order valence-corrected chi connectivity index (χ4v) is 7.71. The van der Waals surface area contributed by atoms with E-state index in [1.54, 1.807) is 66.7 Å². The van der Waals surface area contributed by atoms with Gasteiger partial charge in [0.05, 0.1) is 14.2 Å². The van der Waals surface area contributed by atoms with Gasteiger partial charge in [-0.05, 0) is 78.8 Å². The molecule has 0 unspecified atom stereocenters. The van der Waals surface area contributed by atoms with Gasteiger partial charge in [-0.2, -0.15) is 0 Å². The lowest BCUT2D eigenvalue weighted by atomic mass is 10.0. The summed E-state index contributed by atoms with van der Waals surface area (Å²) in [5, 5.41) is 12.0. The first kappa shape index (κ1) is 40.1. The maximum atomic E-state index is 13.8. The molecule has 0 radical (unpaired) electrons. The molecule has 2 saturated heterocycles. The highest BCUT2D eigenvalue weighted by Gasteiger charge is 2.40. The van der Waals surface area contributed by atoms with E-state index in [-0.39, 0.29) is 11.8 Å². The van der Waals surface area contributed by atoms with Gasteiger partial charge < -0.3 is 45.5 Å². The number of anilines is 2. The zero-order valence-corrected chi connectivity index (χ0v) is 32.6. The van der Waals surface area contributed by atoms with Crippen LogP contribution in [0.4, 0.5) is 21.0 Å². The van der Waals surface area contributed by atoms with Crippen molar-refractivity contribution in [2.24, 2.45) is 0 Å². The van der Waals surface area contributed by atoms with Crippen molar-refractivity contribution >= 4 is 58.1 Å². The van der Waals surface area contributed by atoms with Crippen LogP contribution in [-0.4, -0.2) is 90.0 Å². The molecule has 2 aliphatic rings. The van der Waals surface area contributed by atoms with Crippen molar-refractivity contribution in [1.29, 1.82) is 0 Å². The van der Waals surface area contributed by atoms with Gasteiger partial charge in [0.2, 0.25) is 11.8 Å². The number of nitrogens with zero attached hydrogens (tertiary/aromatic N) is 2. The predicted molar refractivity (Wildman–Crippen MR) is 220 cm³/mol. The van der Waals surface area contributed by atoms with Crippen LogP contribution in [0.5, 0.6) is 0 Å². The van der Waals surface area contributed by atoms with Gasteiger partial charge >= 0.3 is 12.2 Å². The fraction of sp³-hybridized carbons (Fsp3) is 0.273. The van der Waals surface area contributed by atoms with Crippen LogP contribution in [0.1, 0.15) is 48.9 Å². The van der Waals surface area contributed by atoms with Crippen LogP contribution < -0.4 is 21.3 Å². The number of fused-ring (bicyclic) bond motifs is 1. The third-order valence-corrected chi connectivity index (χ3v) is 10.7. The van der Waals surface area contributed by atoms with Gasteiger partial charge in [0, 0.05) is 41.1 Å². The number of likely N-dealkylation sites (tertiary alicyclic amines) is 2. The summed E-state index contributed by atoms with van der Waals surface area (Å²) < 4.78 is 9.53. The van der Waals surface area contributed by atoms with Crippen LogP contribution >= 0.6 is 0 Å². The second-order valence-electron chi connectivity index (χ2n) is 14.4. The van der Waals surface area contributed by atoms with E-state index in [0.29, 0.717) is 61.3 Å². The number of carbonyl (C=O) groups is 6. The van der Waals surface area contributed by atoms with Crippen LogP contribution in [-0.2, 0) is 28.7 Å². The number of H-pyrrole nitrogens is 1. The summed E-state index contributed by atoms with van der Waals surface area (Å²) in [6, 6.07) is 29.0. The van der Waals surface area contributed by atoms with Crippen molar-refractivity contribution in [2.75, 3.05) is 37.9 Å². The van der Waals surface area contributed by atoms with Gasteiger partial charge in [0.1, 0.15) is 24.2 Å². The first-order chi connectivity index (χ1) is 28.6. The van der Waals surface area contributed by atoms with Gasteiger partial charge in [-0.3, -0.25) is 19.2 Å². The van der Waals surface area contributed by atoms with E-state index >= 15 is 0 Å². The first-order valence-electron chi connectivity index (χ1n) is 19.4. The Kier molecular flexibility index (Phi) is 12.2. The van der Waals surface area contributed by atoms with Crippen LogP contribution in [0.25, 0.3) is 22.2 Å². The van der Waals surface area contributed by atoms with Gasteiger partial charge in [-0.15, -0.1) is 0 Å². The minimum Gasteiger partial charge on any atom is -0.453 e. The average molecular weight is 800 g/mol. The van der Waals surface area contributed by atoms with E-state index in [2.05, 4.69) is 26.3 Å². The third kappa shape index (κ3) is 9.04. The highest BCUT2D eigenvalue weighted by Crippen LogP contribution is 2.30. The summed E-state index contributed by atoms with van der Waals surface area (Å²) in [5.74, 6) is -1.44. The molecule has 5 aromatic rings. The molecule has 2 aliphatic heterocycles. The van der Waals surface area contributed by atoms with E-state index in [0.717, 1.165) is 22.2 Å². The molecule has 4 aromatic carbocycles. The number of ether oxygens (including phenoxy) is 2. The first-order valence-corrected chi connectivity index (χ1v) is 19.4. The maximum absolute atomic E-state index is 13.8. The Hall–Kier alpha value is -7.16. The van der Waals surface area contributed by atoms with Crippen LogP contribution in [0.3, 0.4) is 0 Å². The van der Waals surface area contributed by atoms with E-state index in [1.807, 2.05) is 42.5 Å². The summed E-state index contributed by atoms with van der Waals surface area (Å²) in [6.07, 6.45) is 0.731. The molecule has 15 nitrogen and oxygen atoms in total. The number of methoxy groups -OCH3 is 2. The largest absolute Gasteiger partial charge is 0.453 e. The minimum atomic E-state index is -1.01. The molecule has 304 valence electrons. The topological polar surface area (TPSA) is 191 Å². The quantitative estimate of drug-likeness (QED) is 0.109. The molecule has 5 N–H and O–H groups in total. The Balaban J connectivity index is 0.991. The number of rotatable bonds is 11. The molecule has 7 rings (SSSR count). The molecule has 1 aromatic heterocycles. The monoisotopic (exact) mass is 799 g/mol. The van der Waals surface area contributed by atoms with Crippen molar-refractivity contribution in [2.45, 2.75) is 49.9 Å². The molecule has 0 bridgehead atoms. The van der Waals surface area contributed by atoms with Gasteiger partial charge in [0.15, 0.2) is 0 Å². The number of hydrogen-bond acceptors (Lipinski definition) is 8. The minimum absolute atomic E-state index is 0.326. The Morgan fingerprint density at radius 1 is 0.610 bits per heavy atom. The molecular formula is C44H45N7O8. The summed E-state index contributed by atoms with van der Waals surface area (Å²) >= 11 is 0. The smallest absolute Gasteiger partial charge is 0.407 e. The Morgan fingerprint density at radius 3 is 1.58 bits per heavy atom. The second-order valence-corrected chi connectivity index (χ2v) is 14.4. The van der Waals surface area contributed by atoms with E-state index < -0.39 is 48.2 Å². The molecule has 0 aliphatic carbocycles. The number of alkyl carbamates (subject to hydrolysis) is 2. The van der Waals surface area contributed by atoms with Gasteiger partial charge in [-0.1, -0.05) is 72.8 Å². The Morgan fingerprint density at radius 2 is 1.08 bits per heavy atom. The molecule has 15 heteroatoms. The SMILES string of the molecule is COC(=O)N[C@@H](C(=O)N1CCC[C@H]1C(=O)Nc1ccc(-c2cc3cc(NC(=O)[C@@H]4CCCN4C(=O)[C@H](NC(=O)OC)c4ccccc4)ccc3[nH]2)cc1)c1ccccc1. The van der Waals surface area contributed by atoms with Gasteiger partial charge in [-0.25, -0.2) is 9.59 Å². The number of nitrogens with one attached hydrogen (secondary N) is 5. The molecule has 2 fully saturated rings.